The van der Waals surface area contributed by atoms with E-state index < -0.39 is 44.1 Å². The number of rotatable bonds is 14. The van der Waals surface area contributed by atoms with Gasteiger partial charge in [-0.15, -0.1) is 0 Å². The lowest BCUT2D eigenvalue weighted by Crippen LogP contribution is -2.36. The van der Waals surface area contributed by atoms with Gasteiger partial charge < -0.3 is 30.2 Å². The van der Waals surface area contributed by atoms with Gasteiger partial charge in [-0.05, 0) is 37.4 Å². The first-order valence-corrected chi connectivity index (χ1v) is 15.1. The number of nitrogen functional groups attached to an aromatic ring is 2. The molecule has 2 aromatic heterocycles. The van der Waals surface area contributed by atoms with Gasteiger partial charge in [0, 0.05) is 17.8 Å². The number of carbonyl (C=O) groups excluding carboxylic acids is 2. The lowest BCUT2D eigenvalue weighted by atomic mass is 10.1. The van der Waals surface area contributed by atoms with Crippen LogP contribution in [-0.4, -0.2) is 70.0 Å². The summed E-state index contributed by atoms with van der Waals surface area (Å²) in [4.78, 5) is 39.4. The van der Waals surface area contributed by atoms with Crippen LogP contribution in [0.3, 0.4) is 0 Å². The Morgan fingerprint density at radius 1 is 1.32 bits per heavy atom. The van der Waals surface area contributed by atoms with Crippen LogP contribution in [0.1, 0.15) is 38.5 Å². The molecule has 3 aromatic rings. The SMILES string of the molecule is CCOC(=O)[C@H](C)NP(=O)(OC[C@H]1O[C@@H](n2cnc3c(N)nc(N)nc32)CC1N=[N+]=[N-])Oc1ccccc1CCC(=O)OC. The van der Waals surface area contributed by atoms with Gasteiger partial charge in [-0.1, -0.05) is 23.3 Å². The number of anilines is 2. The van der Waals surface area contributed by atoms with E-state index in [9.17, 15) is 19.7 Å². The number of imidazole rings is 1. The highest BCUT2D eigenvalue weighted by Crippen LogP contribution is 2.47. The summed E-state index contributed by atoms with van der Waals surface area (Å²) in [7, 11) is -3.06. The molecule has 3 heterocycles. The summed E-state index contributed by atoms with van der Waals surface area (Å²) in [5.74, 6) is -0.946. The second-order valence-electron chi connectivity index (χ2n) is 9.60. The van der Waals surface area contributed by atoms with Crippen molar-refractivity contribution < 1.29 is 37.4 Å². The average Bonchev–Trinajstić information content (AvgIpc) is 3.59. The highest BCUT2D eigenvalue weighted by atomic mass is 31.2. The van der Waals surface area contributed by atoms with Crippen molar-refractivity contribution >= 4 is 42.6 Å². The van der Waals surface area contributed by atoms with Gasteiger partial charge in [-0.3, -0.25) is 18.7 Å². The number of hydrogen-bond acceptors (Lipinski definition) is 14. The maximum Gasteiger partial charge on any atom is 0.459 e. The Morgan fingerprint density at radius 2 is 2.09 bits per heavy atom. The van der Waals surface area contributed by atoms with Crippen molar-refractivity contribution in [2.24, 2.45) is 5.11 Å². The Bertz CT molecular complexity index is 1600. The molecule has 0 aliphatic carbocycles. The molecule has 236 valence electrons. The Morgan fingerprint density at radius 3 is 2.82 bits per heavy atom. The molecule has 5 N–H and O–H groups in total. The molecular weight excluding hydrogens is 599 g/mol. The van der Waals surface area contributed by atoms with E-state index in [0.717, 1.165) is 0 Å². The number of nitrogens with one attached hydrogen (secondary N) is 1. The number of methoxy groups -OCH3 is 1. The van der Waals surface area contributed by atoms with E-state index in [0.29, 0.717) is 16.7 Å². The molecule has 1 saturated heterocycles. The van der Waals surface area contributed by atoms with E-state index in [1.54, 1.807) is 35.8 Å². The van der Waals surface area contributed by atoms with Crippen LogP contribution in [-0.2, 0) is 39.3 Å². The topological polar surface area (TPSA) is 254 Å². The van der Waals surface area contributed by atoms with Crippen LogP contribution in [0.2, 0.25) is 0 Å². The summed E-state index contributed by atoms with van der Waals surface area (Å²) < 4.78 is 43.3. The molecule has 0 radical (unpaired) electrons. The maximum atomic E-state index is 14.2. The fraction of sp³-hybridized carbons (Fsp3) is 0.480. The minimum Gasteiger partial charge on any atom is -0.469 e. The van der Waals surface area contributed by atoms with Crippen LogP contribution in [0.15, 0.2) is 35.7 Å². The van der Waals surface area contributed by atoms with Gasteiger partial charge >= 0.3 is 19.7 Å². The first-order chi connectivity index (χ1) is 21.1. The number of nitrogens with two attached hydrogens (primary N) is 2. The Kier molecular flexibility index (Phi) is 10.6. The highest BCUT2D eigenvalue weighted by Gasteiger charge is 2.40. The van der Waals surface area contributed by atoms with E-state index >= 15 is 0 Å². The van der Waals surface area contributed by atoms with Crippen molar-refractivity contribution in [2.75, 3.05) is 31.8 Å². The van der Waals surface area contributed by atoms with E-state index in [1.807, 2.05) is 0 Å². The fourth-order valence-electron chi connectivity index (χ4n) is 4.48. The number of ether oxygens (including phenoxy) is 3. The second kappa shape index (κ2) is 14.3. The van der Waals surface area contributed by atoms with E-state index in [1.165, 1.54) is 20.4 Å². The highest BCUT2D eigenvalue weighted by molar-refractivity contribution is 7.52. The molecule has 0 spiro atoms. The average molecular weight is 633 g/mol. The van der Waals surface area contributed by atoms with Gasteiger partial charge in [-0.2, -0.15) is 15.1 Å². The monoisotopic (exact) mass is 632 g/mol. The zero-order valence-corrected chi connectivity index (χ0v) is 25.1. The van der Waals surface area contributed by atoms with Gasteiger partial charge in [0.15, 0.2) is 11.5 Å². The third-order valence-corrected chi connectivity index (χ3v) is 8.23. The van der Waals surface area contributed by atoms with E-state index in [2.05, 4.69) is 30.1 Å². The molecule has 0 bridgehead atoms. The third kappa shape index (κ3) is 7.72. The number of hydrogen-bond donors (Lipinski definition) is 3. The maximum absolute atomic E-state index is 14.2. The van der Waals surface area contributed by atoms with Crippen molar-refractivity contribution in [3.05, 3.63) is 46.6 Å². The number of aryl methyl sites for hydroxylation is 1. The molecule has 1 aromatic carbocycles. The summed E-state index contributed by atoms with van der Waals surface area (Å²) in [6.45, 7) is 2.80. The lowest BCUT2D eigenvalue weighted by Gasteiger charge is -2.25. The Hall–Kier alpha value is -4.47. The third-order valence-electron chi connectivity index (χ3n) is 6.60. The standard InChI is InChI=1S/C25H33N10O8P/c1-4-40-24(37)14(2)33-44(38,43-17-8-6-5-7-15(17)9-10-20(36)39-3)41-12-18-16(32-34-28)11-19(42-18)35-13-29-21-22(26)30-25(27)31-23(21)35/h5-8,13-14,16,18-19H,4,9-12H2,1-3H3,(H,33,38)(H4,26,27,30,31)/t14-,16?,18+,19+,44?/m0/s1. The van der Waals surface area contributed by atoms with Crippen molar-refractivity contribution in [3.63, 3.8) is 0 Å². The van der Waals surface area contributed by atoms with Gasteiger partial charge in [0.05, 0.1) is 38.8 Å². The zero-order valence-electron chi connectivity index (χ0n) is 24.2. The number of azide groups is 1. The number of fused-ring (bicyclic) bond motifs is 1. The zero-order chi connectivity index (χ0) is 31.9. The minimum absolute atomic E-state index is 0.0466. The first kappa shape index (κ1) is 32.4. The first-order valence-electron chi connectivity index (χ1n) is 13.6. The van der Waals surface area contributed by atoms with Crippen molar-refractivity contribution in [2.45, 2.75) is 57.5 Å². The normalized spacial score (nSPS) is 19.9. The quantitative estimate of drug-likeness (QED) is 0.0759. The van der Waals surface area contributed by atoms with Crippen molar-refractivity contribution in [1.82, 2.24) is 24.6 Å². The molecule has 44 heavy (non-hydrogen) atoms. The van der Waals surface area contributed by atoms with Gasteiger partial charge in [0.25, 0.3) is 0 Å². The summed E-state index contributed by atoms with van der Waals surface area (Å²) in [6, 6.07) is 4.76. The largest absolute Gasteiger partial charge is 0.469 e. The molecule has 1 aliphatic heterocycles. The summed E-state index contributed by atoms with van der Waals surface area (Å²) in [6.07, 6.45) is 0.254. The van der Waals surface area contributed by atoms with Crippen LogP contribution < -0.4 is 21.1 Å². The number of benzene rings is 1. The molecule has 19 heteroatoms. The van der Waals surface area contributed by atoms with Crippen LogP contribution >= 0.6 is 7.75 Å². The summed E-state index contributed by atoms with van der Waals surface area (Å²) in [5, 5.41) is 6.43. The molecular formula is C25H33N10O8P. The van der Waals surface area contributed by atoms with Crippen LogP contribution in [0, 0.1) is 0 Å². The van der Waals surface area contributed by atoms with E-state index in [4.69, 9.17) is 34.7 Å². The Labute approximate surface area is 251 Å². The fourth-order valence-corrected chi connectivity index (χ4v) is 6.02. The molecule has 2 unspecified atom stereocenters. The number of aromatic nitrogens is 4. The van der Waals surface area contributed by atoms with Crippen LogP contribution in [0.25, 0.3) is 21.6 Å². The molecule has 0 saturated carbocycles. The predicted molar refractivity (Wildman–Crippen MR) is 156 cm³/mol. The number of nitrogens with zero attached hydrogens (tertiary/aromatic N) is 7. The number of para-hydroxylation sites is 1. The molecule has 4 rings (SSSR count). The summed E-state index contributed by atoms with van der Waals surface area (Å²) in [5.41, 5.74) is 22.1. The Balaban J connectivity index is 1.57. The minimum atomic E-state index is -4.34. The van der Waals surface area contributed by atoms with Crippen LogP contribution in [0.5, 0.6) is 5.75 Å². The molecule has 18 nitrogen and oxygen atoms in total. The van der Waals surface area contributed by atoms with Crippen LogP contribution in [0.4, 0.5) is 11.8 Å². The second-order valence-corrected chi connectivity index (χ2v) is 11.3. The van der Waals surface area contributed by atoms with Gasteiger partial charge in [0.1, 0.15) is 23.5 Å². The van der Waals surface area contributed by atoms with Crippen molar-refractivity contribution in [3.8, 4) is 5.75 Å². The van der Waals surface area contributed by atoms with Gasteiger partial charge in [0.2, 0.25) is 5.95 Å². The summed E-state index contributed by atoms with van der Waals surface area (Å²) >= 11 is 0. The van der Waals surface area contributed by atoms with Gasteiger partial charge in [-0.25, -0.2) is 9.55 Å². The number of carbonyl (C=O) groups is 2. The van der Waals surface area contributed by atoms with E-state index in [-0.39, 0.29) is 50.0 Å². The molecule has 5 atom stereocenters. The molecule has 0 amide bonds. The predicted octanol–water partition coefficient (Wildman–Crippen LogP) is 2.81. The smallest absolute Gasteiger partial charge is 0.459 e. The lowest BCUT2D eigenvalue weighted by molar-refractivity contribution is -0.144. The molecule has 1 aliphatic rings. The number of esters is 2. The molecule has 1 fully saturated rings. The van der Waals surface area contributed by atoms with Crippen molar-refractivity contribution in [1.29, 1.82) is 0 Å².